The minimum absolute atomic E-state index is 0.678. The van der Waals surface area contributed by atoms with Crippen molar-refractivity contribution < 1.29 is 4.42 Å². The maximum atomic E-state index is 5.77. The molecule has 104 valence electrons. The van der Waals surface area contributed by atoms with Gasteiger partial charge in [-0.25, -0.2) is 0 Å². The van der Waals surface area contributed by atoms with Gasteiger partial charge in [-0.3, -0.25) is 4.90 Å². The molecule has 0 amide bonds. The van der Waals surface area contributed by atoms with Crippen molar-refractivity contribution >= 4 is 6.01 Å². The number of anilines is 1. The quantitative estimate of drug-likeness (QED) is 0.859. The standard InChI is InChI=1S/C13H21N5O/c1-2-11-9-18(7-6-17(11)5-1)13-16-15-12(19-13)8-14-10-3-4-10/h10-11,14H,1-9H2. The van der Waals surface area contributed by atoms with Gasteiger partial charge in [0.05, 0.1) is 6.54 Å². The van der Waals surface area contributed by atoms with Crippen LogP contribution in [-0.2, 0) is 6.54 Å². The number of nitrogens with one attached hydrogen (secondary N) is 1. The average molecular weight is 263 g/mol. The molecule has 1 aromatic heterocycles. The predicted molar refractivity (Wildman–Crippen MR) is 71.0 cm³/mol. The predicted octanol–water partition coefficient (Wildman–Crippen LogP) is 0.606. The third-order valence-corrected chi connectivity index (χ3v) is 4.43. The Hall–Kier alpha value is -1.14. The zero-order valence-corrected chi connectivity index (χ0v) is 11.2. The second-order valence-corrected chi connectivity index (χ2v) is 5.91. The lowest BCUT2D eigenvalue weighted by Gasteiger charge is -2.36. The average Bonchev–Trinajstić information content (AvgIpc) is 2.96. The summed E-state index contributed by atoms with van der Waals surface area (Å²) in [6, 6.07) is 2.07. The number of rotatable bonds is 4. The van der Waals surface area contributed by atoms with Gasteiger partial charge in [-0.2, -0.15) is 0 Å². The van der Waals surface area contributed by atoms with Crippen molar-refractivity contribution in [2.24, 2.45) is 0 Å². The summed E-state index contributed by atoms with van der Waals surface area (Å²) >= 11 is 0. The van der Waals surface area contributed by atoms with Crippen molar-refractivity contribution in [2.45, 2.75) is 44.3 Å². The highest BCUT2D eigenvalue weighted by Crippen LogP contribution is 2.25. The summed E-state index contributed by atoms with van der Waals surface area (Å²) < 4.78 is 5.77. The molecule has 3 fully saturated rings. The van der Waals surface area contributed by atoms with Crippen LogP contribution in [-0.4, -0.2) is 53.4 Å². The molecule has 2 aliphatic heterocycles. The molecule has 3 aliphatic rings. The number of hydrogen-bond acceptors (Lipinski definition) is 6. The van der Waals surface area contributed by atoms with Gasteiger partial charge in [-0.05, 0) is 32.2 Å². The molecule has 1 aromatic rings. The van der Waals surface area contributed by atoms with Crippen LogP contribution in [0.4, 0.5) is 6.01 Å². The van der Waals surface area contributed by atoms with Crippen molar-refractivity contribution in [1.82, 2.24) is 20.4 Å². The van der Waals surface area contributed by atoms with E-state index in [0.29, 0.717) is 24.6 Å². The number of fused-ring (bicyclic) bond motifs is 1. The smallest absolute Gasteiger partial charge is 0.318 e. The van der Waals surface area contributed by atoms with Gasteiger partial charge in [-0.1, -0.05) is 5.10 Å². The lowest BCUT2D eigenvalue weighted by atomic mass is 10.2. The first-order valence-electron chi connectivity index (χ1n) is 7.43. The van der Waals surface area contributed by atoms with Gasteiger partial charge in [0.15, 0.2) is 0 Å². The highest BCUT2D eigenvalue weighted by molar-refractivity contribution is 5.26. The van der Waals surface area contributed by atoms with Gasteiger partial charge in [-0.15, -0.1) is 5.10 Å². The Morgan fingerprint density at radius 2 is 2.11 bits per heavy atom. The maximum Gasteiger partial charge on any atom is 0.318 e. The molecule has 6 nitrogen and oxygen atoms in total. The molecule has 1 saturated carbocycles. The largest absolute Gasteiger partial charge is 0.407 e. The van der Waals surface area contributed by atoms with E-state index >= 15 is 0 Å². The van der Waals surface area contributed by atoms with Crippen molar-refractivity contribution in [3.05, 3.63) is 5.89 Å². The van der Waals surface area contributed by atoms with Gasteiger partial charge >= 0.3 is 6.01 Å². The summed E-state index contributed by atoms with van der Waals surface area (Å²) in [6.45, 7) is 5.15. The molecule has 1 aliphatic carbocycles. The van der Waals surface area contributed by atoms with Gasteiger partial charge in [0.2, 0.25) is 5.89 Å². The monoisotopic (exact) mass is 263 g/mol. The molecule has 0 spiro atoms. The molecule has 6 heteroatoms. The first-order valence-corrected chi connectivity index (χ1v) is 7.43. The molecule has 1 N–H and O–H groups in total. The van der Waals surface area contributed by atoms with Crippen LogP contribution >= 0.6 is 0 Å². The maximum absolute atomic E-state index is 5.77. The molecule has 0 radical (unpaired) electrons. The van der Waals surface area contributed by atoms with Crippen molar-refractivity contribution in [3.8, 4) is 0 Å². The first-order chi connectivity index (χ1) is 9.38. The Balaban J connectivity index is 1.38. The van der Waals surface area contributed by atoms with Crippen LogP contribution in [0.3, 0.4) is 0 Å². The summed E-state index contributed by atoms with van der Waals surface area (Å²) in [5, 5.41) is 11.7. The molecule has 2 saturated heterocycles. The summed E-state index contributed by atoms with van der Waals surface area (Å²) in [6.07, 6.45) is 5.20. The molecule has 0 bridgehead atoms. The van der Waals surface area contributed by atoms with Crippen LogP contribution in [0.1, 0.15) is 31.6 Å². The zero-order chi connectivity index (χ0) is 12.7. The number of aromatic nitrogens is 2. The fourth-order valence-corrected chi connectivity index (χ4v) is 3.13. The van der Waals surface area contributed by atoms with E-state index in [2.05, 4.69) is 25.3 Å². The molecule has 1 atom stereocenters. The normalized spacial score (nSPS) is 27.8. The molecule has 0 aromatic carbocycles. The topological polar surface area (TPSA) is 57.4 Å². The third kappa shape index (κ3) is 2.47. The molecular formula is C13H21N5O. The summed E-state index contributed by atoms with van der Waals surface area (Å²) in [5.41, 5.74) is 0. The van der Waals surface area contributed by atoms with Gasteiger partial charge < -0.3 is 14.6 Å². The van der Waals surface area contributed by atoms with Crippen molar-refractivity contribution in [3.63, 3.8) is 0 Å². The number of nitrogens with zero attached hydrogens (tertiary/aromatic N) is 4. The van der Waals surface area contributed by atoms with E-state index in [4.69, 9.17) is 4.42 Å². The second-order valence-electron chi connectivity index (χ2n) is 5.91. The summed E-state index contributed by atoms with van der Waals surface area (Å²) in [4.78, 5) is 4.84. The van der Waals surface area contributed by atoms with Crippen LogP contribution in [0.5, 0.6) is 0 Å². The van der Waals surface area contributed by atoms with E-state index in [-0.39, 0.29) is 0 Å². The molecule has 19 heavy (non-hydrogen) atoms. The Morgan fingerprint density at radius 3 is 3.00 bits per heavy atom. The molecule has 1 unspecified atom stereocenters. The van der Waals surface area contributed by atoms with Gasteiger partial charge in [0.25, 0.3) is 0 Å². The SMILES string of the molecule is C1CC2CN(c3nnc(CNC4CC4)o3)CCN2C1. The lowest BCUT2D eigenvalue weighted by molar-refractivity contribution is 0.225. The van der Waals surface area contributed by atoms with E-state index in [9.17, 15) is 0 Å². The van der Waals surface area contributed by atoms with E-state index in [0.717, 1.165) is 25.5 Å². The zero-order valence-electron chi connectivity index (χ0n) is 11.2. The number of piperazine rings is 1. The number of hydrogen-bond donors (Lipinski definition) is 1. The minimum atomic E-state index is 0.678. The summed E-state index contributed by atoms with van der Waals surface area (Å²) in [7, 11) is 0. The van der Waals surface area contributed by atoms with Gasteiger partial charge in [0, 0.05) is 31.7 Å². The van der Waals surface area contributed by atoms with Crippen LogP contribution in [0.25, 0.3) is 0 Å². The second kappa shape index (κ2) is 4.76. The lowest BCUT2D eigenvalue weighted by Crippen LogP contribution is -2.50. The Labute approximate surface area is 113 Å². The molecular weight excluding hydrogens is 242 g/mol. The van der Waals surface area contributed by atoms with E-state index < -0.39 is 0 Å². The summed E-state index contributed by atoms with van der Waals surface area (Å²) in [5.74, 6) is 0.718. The Bertz CT molecular complexity index is 444. The van der Waals surface area contributed by atoms with Crippen LogP contribution in [0, 0.1) is 0 Å². The third-order valence-electron chi connectivity index (χ3n) is 4.43. The van der Waals surface area contributed by atoms with E-state index in [1.165, 1.54) is 32.2 Å². The van der Waals surface area contributed by atoms with Crippen LogP contribution in [0.2, 0.25) is 0 Å². The first kappa shape index (κ1) is 11.7. The molecule has 4 rings (SSSR count). The van der Waals surface area contributed by atoms with E-state index in [1.54, 1.807) is 0 Å². The van der Waals surface area contributed by atoms with E-state index in [1.807, 2.05) is 0 Å². The van der Waals surface area contributed by atoms with Crippen molar-refractivity contribution in [2.75, 3.05) is 31.1 Å². The van der Waals surface area contributed by atoms with Gasteiger partial charge in [0.1, 0.15) is 0 Å². The fourth-order valence-electron chi connectivity index (χ4n) is 3.13. The fraction of sp³-hybridized carbons (Fsp3) is 0.846. The Kier molecular flexibility index (Phi) is 2.92. The Morgan fingerprint density at radius 1 is 1.16 bits per heavy atom. The van der Waals surface area contributed by atoms with Crippen LogP contribution < -0.4 is 10.2 Å². The molecule has 3 heterocycles. The minimum Gasteiger partial charge on any atom is -0.407 e. The highest BCUT2D eigenvalue weighted by atomic mass is 16.4. The van der Waals surface area contributed by atoms with Crippen molar-refractivity contribution in [1.29, 1.82) is 0 Å². The highest BCUT2D eigenvalue weighted by Gasteiger charge is 2.32. The van der Waals surface area contributed by atoms with Crippen LogP contribution in [0.15, 0.2) is 4.42 Å².